The number of aromatic nitrogens is 1. The summed E-state index contributed by atoms with van der Waals surface area (Å²) < 4.78 is 26.2. The molecule has 1 aromatic rings. The number of aromatic amines is 1. The molecule has 1 unspecified atom stereocenters. The highest BCUT2D eigenvalue weighted by Gasteiger charge is 2.18. The first-order valence-electron chi connectivity index (χ1n) is 5.52. The van der Waals surface area contributed by atoms with E-state index in [9.17, 15) is 8.42 Å². The molecule has 0 radical (unpaired) electrons. The number of H-pyrrole nitrogens is 1. The standard InChI is InChI=1S/C10H17N3O2S/c14-16(15,10-3-5-12-8-10)13-7-9-2-1-4-11-6-9/h3,5,8-9,11-13H,1-2,4,6-7H2. The van der Waals surface area contributed by atoms with Gasteiger partial charge < -0.3 is 10.3 Å². The molecule has 2 heterocycles. The summed E-state index contributed by atoms with van der Waals surface area (Å²) in [5, 5.41) is 3.26. The largest absolute Gasteiger partial charge is 0.366 e. The van der Waals surface area contributed by atoms with Crippen LogP contribution in [0, 0.1) is 5.92 Å². The van der Waals surface area contributed by atoms with Crippen LogP contribution in [-0.2, 0) is 10.0 Å². The van der Waals surface area contributed by atoms with Crippen LogP contribution in [0.15, 0.2) is 23.4 Å². The Morgan fingerprint density at radius 2 is 2.38 bits per heavy atom. The lowest BCUT2D eigenvalue weighted by atomic mass is 10.0. The van der Waals surface area contributed by atoms with E-state index in [1.165, 1.54) is 6.20 Å². The first kappa shape index (κ1) is 11.6. The molecule has 5 nitrogen and oxygen atoms in total. The minimum Gasteiger partial charge on any atom is -0.366 e. The molecule has 6 heteroatoms. The van der Waals surface area contributed by atoms with Crippen molar-refractivity contribution in [2.45, 2.75) is 17.7 Å². The molecule has 1 aromatic heterocycles. The Bertz CT molecular complexity index is 407. The molecular formula is C10H17N3O2S. The molecule has 16 heavy (non-hydrogen) atoms. The molecule has 1 saturated heterocycles. The lowest BCUT2D eigenvalue weighted by Crippen LogP contribution is -2.38. The Labute approximate surface area is 95.7 Å². The summed E-state index contributed by atoms with van der Waals surface area (Å²) in [5.41, 5.74) is 0. The van der Waals surface area contributed by atoms with Crippen molar-refractivity contribution in [1.29, 1.82) is 0 Å². The molecule has 0 aliphatic carbocycles. The van der Waals surface area contributed by atoms with Crippen LogP contribution in [-0.4, -0.2) is 33.0 Å². The third kappa shape index (κ3) is 2.84. The fraction of sp³-hybridized carbons (Fsp3) is 0.600. The third-order valence-corrected chi connectivity index (χ3v) is 4.26. The number of hydrogen-bond donors (Lipinski definition) is 3. The van der Waals surface area contributed by atoms with Crippen LogP contribution < -0.4 is 10.0 Å². The zero-order valence-electron chi connectivity index (χ0n) is 9.07. The van der Waals surface area contributed by atoms with Gasteiger partial charge in [-0.05, 0) is 37.9 Å². The lowest BCUT2D eigenvalue weighted by Gasteiger charge is -2.22. The molecule has 90 valence electrons. The molecule has 1 aliphatic rings. The second-order valence-electron chi connectivity index (χ2n) is 4.11. The van der Waals surface area contributed by atoms with Crippen LogP contribution in [0.5, 0.6) is 0 Å². The first-order valence-corrected chi connectivity index (χ1v) is 7.00. The minimum absolute atomic E-state index is 0.302. The molecule has 2 rings (SSSR count). The van der Waals surface area contributed by atoms with Gasteiger partial charge in [-0.25, -0.2) is 13.1 Å². The Kier molecular flexibility index (Phi) is 3.63. The molecule has 0 saturated carbocycles. The van der Waals surface area contributed by atoms with Crippen LogP contribution in [0.2, 0.25) is 0 Å². The van der Waals surface area contributed by atoms with Crippen molar-refractivity contribution in [1.82, 2.24) is 15.0 Å². The molecule has 0 bridgehead atoms. The van der Waals surface area contributed by atoms with Crippen LogP contribution in [0.1, 0.15) is 12.8 Å². The second-order valence-corrected chi connectivity index (χ2v) is 5.88. The summed E-state index contributed by atoms with van der Waals surface area (Å²) in [6, 6.07) is 1.56. The van der Waals surface area contributed by atoms with Crippen LogP contribution in [0.3, 0.4) is 0 Å². The van der Waals surface area contributed by atoms with E-state index in [0.29, 0.717) is 17.4 Å². The topological polar surface area (TPSA) is 74.0 Å². The summed E-state index contributed by atoms with van der Waals surface area (Å²) >= 11 is 0. The van der Waals surface area contributed by atoms with Gasteiger partial charge in [-0.2, -0.15) is 0 Å². The van der Waals surface area contributed by atoms with E-state index in [1.54, 1.807) is 12.3 Å². The average molecular weight is 243 g/mol. The zero-order valence-corrected chi connectivity index (χ0v) is 9.89. The predicted octanol–water partition coefficient (Wildman–Crippen LogP) is 0.293. The van der Waals surface area contributed by atoms with Crippen LogP contribution >= 0.6 is 0 Å². The molecule has 3 N–H and O–H groups in total. The Morgan fingerprint density at radius 1 is 1.50 bits per heavy atom. The number of rotatable bonds is 4. The van der Waals surface area contributed by atoms with Crippen molar-refractivity contribution in [3.63, 3.8) is 0 Å². The maximum Gasteiger partial charge on any atom is 0.242 e. The number of piperidine rings is 1. The van der Waals surface area contributed by atoms with E-state index in [-0.39, 0.29) is 0 Å². The van der Waals surface area contributed by atoms with Gasteiger partial charge in [0.15, 0.2) is 0 Å². The molecule has 1 aliphatic heterocycles. The summed E-state index contributed by atoms with van der Waals surface area (Å²) in [7, 11) is -3.33. The van der Waals surface area contributed by atoms with Gasteiger partial charge in [0, 0.05) is 18.9 Å². The number of sulfonamides is 1. The Morgan fingerprint density at radius 3 is 3.00 bits per heavy atom. The van der Waals surface area contributed by atoms with E-state index in [4.69, 9.17) is 0 Å². The first-order chi connectivity index (χ1) is 7.68. The highest BCUT2D eigenvalue weighted by Crippen LogP contribution is 2.11. The average Bonchev–Trinajstić information content (AvgIpc) is 2.82. The molecule has 1 fully saturated rings. The van der Waals surface area contributed by atoms with E-state index in [1.807, 2.05) is 0 Å². The molecule has 0 aromatic carbocycles. The highest BCUT2D eigenvalue weighted by molar-refractivity contribution is 7.89. The third-order valence-electron chi connectivity index (χ3n) is 2.84. The molecular weight excluding hydrogens is 226 g/mol. The smallest absolute Gasteiger partial charge is 0.242 e. The molecule has 0 spiro atoms. The van der Waals surface area contributed by atoms with E-state index < -0.39 is 10.0 Å². The van der Waals surface area contributed by atoms with Crippen LogP contribution in [0.4, 0.5) is 0 Å². The summed E-state index contributed by atoms with van der Waals surface area (Å²) in [6.07, 6.45) is 5.30. The van der Waals surface area contributed by atoms with E-state index >= 15 is 0 Å². The monoisotopic (exact) mass is 243 g/mol. The fourth-order valence-corrected chi connectivity index (χ4v) is 2.98. The van der Waals surface area contributed by atoms with Gasteiger partial charge in [0.05, 0.1) is 4.90 Å². The van der Waals surface area contributed by atoms with Crippen LogP contribution in [0.25, 0.3) is 0 Å². The van der Waals surface area contributed by atoms with Crippen molar-refractivity contribution >= 4 is 10.0 Å². The van der Waals surface area contributed by atoms with Crippen molar-refractivity contribution in [2.75, 3.05) is 19.6 Å². The lowest BCUT2D eigenvalue weighted by molar-refractivity contribution is 0.376. The summed E-state index contributed by atoms with van der Waals surface area (Å²) in [5.74, 6) is 0.405. The Balaban J connectivity index is 1.89. The van der Waals surface area contributed by atoms with Gasteiger partial charge in [0.1, 0.15) is 0 Å². The van der Waals surface area contributed by atoms with E-state index in [2.05, 4.69) is 15.0 Å². The maximum absolute atomic E-state index is 11.8. The maximum atomic E-state index is 11.8. The minimum atomic E-state index is -3.33. The van der Waals surface area contributed by atoms with Crippen molar-refractivity contribution < 1.29 is 8.42 Å². The van der Waals surface area contributed by atoms with Crippen molar-refractivity contribution in [2.24, 2.45) is 5.92 Å². The van der Waals surface area contributed by atoms with Gasteiger partial charge >= 0.3 is 0 Å². The number of hydrogen-bond acceptors (Lipinski definition) is 3. The molecule has 0 amide bonds. The molecule has 1 atom stereocenters. The Hall–Kier alpha value is -0.850. The summed E-state index contributed by atoms with van der Waals surface area (Å²) in [4.78, 5) is 3.04. The van der Waals surface area contributed by atoms with Gasteiger partial charge in [-0.3, -0.25) is 0 Å². The van der Waals surface area contributed by atoms with Crippen molar-refractivity contribution in [3.8, 4) is 0 Å². The fourth-order valence-electron chi connectivity index (χ4n) is 1.88. The summed E-state index contributed by atoms with van der Waals surface area (Å²) in [6.45, 7) is 2.46. The highest BCUT2D eigenvalue weighted by atomic mass is 32.2. The van der Waals surface area contributed by atoms with Gasteiger partial charge in [-0.1, -0.05) is 0 Å². The van der Waals surface area contributed by atoms with Gasteiger partial charge in [0.2, 0.25) is 10.0 Å². The quantitative estimate of drug-likeness (QED) is 0.711. The van der Waals surface area contributed by atoms with Crippen molar-refractivity contribution in [3.05, 3.63) is 18.5 Å². The predicted molar refractivity (Wildman–Crippen MR) is 61.6 cm³/mol. The van der Waals surface area contributed by atoms with Gasteiger partial charge in [-0.15, -0.1) is 0 Å². The zero-order chi connectivity index (χ0) is 11.4. The number of nitrogens with one attached hydrogen (secondary N) is 3. The van der Waals surface area contributed by atoms with E-state index in [0.717, 1.165) is 25.9 Å². The second kappa shape index (κ2) is 4.99. The SMILES string of the molecule is O=S(=O)(NCC1CCCNC1)c1cc[nH]c1. The normalized spacial score (nSPS) is 22.1. The van der Waals surface area contributed by atoms with Gasteiger partial charge in [0.25, 0.3) is 0 Å².